The van der Waals surface area contributed by atoms with Crippen LogP contribution in [0.1, 0.15) is 43.3 Å². The number of hydrogen-bond donors (Lipinski definition) is 1. The van der Waals surface area contributed by atoms with E-state index in [0.717, 1.165) is 18.0 Å². The van der Waals surface area contributed by atoms with Gasteiger partial charge in [0.15, 0.2) is 0 Å². The first-order valence-electron chi connectivity index (χ1n) is 6.92. The highest BCUT2D eigenvalue weighted by atomic mass is 32.1. The molecule has 0 aromatic carbocycles. The fraction of sp³-hybridized carbons (Fsp3) is 0.786. The van der Waals surface area contributed by atoms with E-state index in [4.69, 9.17) is 4.74 Å². The molecule has 0 saturated heterocycles. The third-order valence-electron chi connectivity index (χ3n) is 3.95. The zero-order valence-electron chi connectivity index (χ0n) is 11.7. The maximum Gasteiger partial charge on any atom is 0.0897 e. The van der Waals surface area contributed by atoms with Gasteiger partial charge in [0.25, 0.3) is 0 Å². The minimum Gasteiger partial charge on any atom is -0.374 e. The summed E-state index contributed by atoms with van der Waals surface area (Å²) in [5.74, 6) is 0. The molecule has 1 aliphatic carbocycles. The van der Waals surface area contributed by atoms with Gasteiger partial charge < -0.3 is 10.1 Å². The Kier molecular flexibility index (Phi) is 4.76. The van der Waals surface area contributed by atoms with Gasteiger partial charge in [-0.25, -0.2) is 4.98 Å². The Morgan fingerprint density at radius 1 is 1.50 bits per heavy atom. The van der Waals surface area contributed by atoms with E-state index in [9.17, 15) is 0 Å². The van der Waals surface area contributed by atoms with E-state index in [1.165, 1.54) is 31.4 Å². The standard InChI is InChI=1S/C14H24N2OS/c1-4-17-14(7-5-6-8-14)13(15-3)9-12-10-18-11(2)16-12/h10,13,15H,4-9H2,1-3H3. The molecule has 3 nitrogen and oxygen atoms in total. The molecular formula is C14H24N2OS. The molecule has 1 unspecified atom stereocenters. The van der Waals surface area contributed by atoms with Crippen LogP contribution in [0, 0.1) is 6.92 Å². The molecule has 1 aliphatic rings. The van der Waals surface area contributed by atoms with Crippen LogP contribution < -0.4 is 5.32 Å². The first-order chi connectivity index (χ1) is 8.70. The number of hydrogen-bond acceptors (Lipinski definition) is 4. The van der Waals surface area contributed by atoms with E-state index < -0.39 is 0 Å². The molecule has 1 aromatic rings. The zero-order chi connectivity index (χ0) is 13.0. The van der Waals surface area contributed by atoms with Gasteiger partial charge in [-0.15, -0.1) is 11.3 Å². The summed E-state index contributed by atoms with van der Waals surface area (Å²) in [5, 5.41) is 6.79. The molecule has 18 heavy (non-hydrogen) atoms. The van der Waals surface area contributed by atoms with Crippen LogP contribution in [-0.4, -0.2) is 30.3 Å². The van der Waals surface area contributed by atoms with Gasteiger partial charge in [-0.05, 0) is 33.7 Å². The molecular weight excluding hydrogens is 244 g/mol. The van der Waals surface area contributed by atoms with Crippen molar-refractivity contribution >= 4 is 11.3 Å². The lowest BCUT2D eigenvalue weighted by atomic mass is 9.89. The van der Waals surface area contributed by atoms with Crippen molar-refractivity contribution in [3.63, 3.8) is 0 Å². The number of nitrogens with one attached hydrogen (secondary N) is 1. The summed E-state index contributed by atoms with van der Waals surface area (Å²) in [6, 6.07) is 0.376. The average molecular weight is 268 g/mol. The number of thiazole rings is 1. The molecule has 1 saturated carbocycles. The lowest BCUT2D eigenvalue weighted by molar-refractivity contribution is -0.0598. The molecule has 0 amide bonds. The van der Waals surface area contributed by atoms with Gasteiger partial charge in [0.1, 0.15) is 0 Å². The Balaban J connectivity index is 2.10. The highest BCUT2D eigenvalue weighted by Crippen LogP contribution is 2.37. The molecule has 102 valence electrons. The first kappa shape index (κ1) is 14.0. The molecule has 2 rings (SSSR count). The number of aryl methyl sites for hydroxylation is 1. The van der Waals surface area contributed by atoms with Crippen LogP contribution in [0.15, 0.2) is 5.38 Å². The number of nitrogens with zero attached hydrogens (tertiary/aromatic N) is 1. The van der Waals surface area contributed by atoms with Crippen molar-refractivity contribution in [2.45, 2.75) is 57.6 Å². The minimum atomic E-state index is 0.0288. The quantitative estimate of drug-likeness (QED) is 0.861. The van der Waals surface area contributed by atoms with Crippen LogP contribution in [0.25, 0.3) is 0 Å². The van der Waals surface area contributed by atoms with Gasteiger partial charge in [-0.2, -0.15) is 0 Å². The van der Waals surface area contributed by atoms with E-state index >= 15 is 0 Å². The smallest absolute Gasteiger partial charge is 0.0897 e. The Bertz CT molecular complexity index is 372. The summed E-state index contributed by atoms with van der Waals surface area (Å²) < 4.78 is 6.14. The Morgan fingerprint density at radius 2 is 2.22 bits per heavy atom. The van der Waals surface area contributed by atoms with Crippen LogP contribution >= 0.6 is 11.3 Å². The second-order valence-electron chi connectivity index (χ2n) is 5.11. The molecule has 4 heteroatoms. The van der Waals surface area contributed by atoms with Gasteiger partial charge in [-0.1, -0.05) is 12.8 Å². The summed E-state index contributed by atoms with van der Waals surface area (Å²) in [6.45, 7) is 4.96. The third-order valence-corrected chi connectivity index (χ3v) is 4.77. The van der Waals surface area contributed by atoms with Crippen LogP contribution in [0.5, 0.6) is 0 Å². The van der Waals surface area contributed by atoms with Crippen LogP contribution in [0.3, 0.4) is 0 Å². The summed E-state index contributed by atoms with van der Waals surface area (Å²) >= 11 is 1.73. The molecule has 1 aromatic heterocycles. The topological polar surface area (TPSA) is 34.1 Å². The van der Waals surface area contributed by atoms with E-state index in [1.54, 1.807) is 11.3 Å². The van der Waals surface area contributed by atoms with Gasteiger partial charge in [0.05, 0.1) is 16.3 Å². The van der Waals surface area contributed by atoms with Gasteiger partial charge in [0, 0.05) is 24.4 Å². The predicted molar refractivity (Wildman–Crippen MR) is 76.2 cm³/mol. The average Bonchev–Trinajstić information content (AvgIpc) is 2.97. The highest BCUT2D eigenvalue weighted by Gasteiger charge is 2.41. The molecule has 1 N–H and O–H groups in total. The van der Waals surface area contributed by atoms with Crippen molar-refractivity contribution < 1.29 is 4.74 Å². The lowest BCUT2D eigenvalue weighted by Crippen LogP contribution is -2.51. The Hall–Kier alpha value is -0.450. The lowest BCUT2D eigenvalue weighted by Gasteiger charge is -2.37. The fourth-order valence-corrected chi connectivity index (χ4v) is 3.74. The van der Waals surface area contributed by atoms with Crippen LogP contribution in [-0.2, 0) is 11.2 Å². The van der Waals surface area contributed by atoms with E-state index in [2.05, 4.69) is 29.5 Å². The summed E-state index contributed by atoms with van der Waals surface area (Å²) in [4.78, 5) is 4.58. The number of rotatable bonds is 6. The Labute approximate surface area is 114 Å². The van der Waals surface area contributed by atoms with E-state index in [0.29, 0.717) is 6.04 Å². The van der Waals surface area contributed by atoms with Crippen molar-refractivity contribution in [2.24, 2.45) is 0 Å². The number of likely N-dealkylation sites (N-methyl/N-ethyl adjacent to an activating group) is 1. The highest BCUT2D eigenvalue weighted by molar-refractivity contribution is 7.09. The van der Waals surface area contributed by atoms with Gasteiger partial charge >= 0.3 is 0 Å². The van der Waals surface area contributed by atoms with Crippen molar-refractivity contribution in [1.82, 2.24) is 10.3 Å². The molecule has 0 spiro atoms. The first-order valence-corrected chi connectivity index (χ1v) is 7.80. The van der Waals surface area contributed by atoms with Gasteiger partial charge in [0.2, 0.25) is 0 Å². The van der Waals surface area contributed by atoms with Gasteiger partial charge in [-0.3, -0.25) is 0 Å². The number of aromatic nitrogens is 1. The SMILES string of the molecule is CCOC1(C(Cc2csc(C)n2)NC)CCCC1. The Morgan fingerprint density at radius 3 is 2.72 bits per heavy atom. The summed E-state index contributed by atoms with van der Waals surface area (Å²) in [6.07, 6.45) is 5.90. The zero-order valence-corrected chi connectivity index (χ0v) is 12.5. The summed E-state index contributed by atoms with van der Waals surface area (Å²) in [5.41, 5.74) is 1.23. The molecule has 0 bridgehead atoms. The second kappa shape index (κ2) is 6.13. The normalized spacial score (nSPS) is 20.2. The maximum atomic E-state index is 6.14. The van der Waals surface area contributed by atoms with Crippen molar-refractivity contribution in [3.05, 3.63) is 16.1 Å². The predicted octanol–water partition coefficient (Wildman–Crippen LogP) is 2.93. The molecule has 1 atom stereocenters. The summed E-state index contributed by atoms with van der Waals surface area (Å²) in [7, 11) is 2.04. The molecule has 0 aliphatic heterocycles. The van der Waals surface area contributed by atoms with Crippen molar-refractivity contribution in [2.75, 3.05) is 13.7 Å². The molecule has 1 fully saturated rings. The molecule has 0 radical (unpaired) electrons. The number of ether oxygens (including phenoxy) is 1. The van der Waals surface area contributed by atoms with E-state index in [-0.39, 0.29) is 5.60 Å². The molecule has 1 heterocycles. The maximum absolute atomic E-state index is 6.14. The second-order valence-corrected chi connectivity index (χ2v) is 6.17. The largest absolute Gasteiger partial charge is 0.374 e. The van der Waals surface area contributed by atoms with Crippen LogP contribution in [0.4, 0.5) is 0 Å². The monoisotopic (exact) mass is 268 g/mol. The van der Waals surface area contributed by atoms with Crippen LogP contribution in [0.2, 0.25) is 0 Å². The third kappa shape index (κ3) is 2.92. The van der Waals surface area contributed by atoms with Crippen molar-refractivity contribution in [3.8, 4) is 0 Å². The minimum absolute atomic E-state index is 0.0288. The fourth-order valence-electron chi connectivity index (χ4n) is 3.12. The van der Waals surface area contributed by atoms with E-state index in [1.807, 2.05) is 7.05 Å². The van der Waals surface area contributed by atoms with Crippen molar-refractivity contribution in [1.29, 1.82) is 0 Å².